The second-order valence-corrected chi connectivity index (χ2v) is 8.41. The first-order valence-corrected chi connectivity index (χ1v) is 11.0. The highest BCUT2D eigenvalue weighted by atomic mass is 15.0. The molecule has 0 unspecified atom stereocenters. The molecule has 1 heterocycles. The van der Waals surface area contributed by atoms with Crippen molar-refractivity contribution in [1.29, 1.82) is 0 Å². The van der Waals surface area contributed by atoms with Crippen LogP contribution in [0.1, 0.15) is 11.1 Å². The molecule has 0 aliphatic rings. The molecule has 0 saturated heterocycles. The summed E-state index contributed by atoms with van der Waals surface area (Å²) in [4.78, 5) is 0. The lowest BCUT2D eigenvalue weighted by Crippen LogP contribution is -1.93. The number of fused-ring (bicyclic) bond motifs is 5. The van der Waals surface area contributed by atoms with E-state index in [2.05, 4.69) is 121 Å². The van der Waals surface area contributed by atoms with E-state index in [1.54, 1.807) is 0 Å². The van der Waals surface area contributed by atoms with E-state index in [0.717, 1.165) is 5.56 Å². The van der Waals surface area contributed by atoms with E-state index in [-0.39, 0.29) is 0 Å². The first-order chi connectivity index (χ1) is 15.7. The lowest BCUT2D eigenvalue weighted by molar-refractivity contribution is 1.18. The highest BCUT2D eigenvalue weighted by Gasteiger charge is 2.15. The number of aryl methyl sites for hydroxylation is 1. The minimum Gasteiger partial charge on any atom is -0.309 e. The van der Waals surface area contributed by atoms with Gasteiger partial charge in [0.05, 0.1) is 11.0 Å². The van der Waals surface area contributed by atoms with Crippen LogP contribution in [0.15, 0.2) is 110 Å². The topological polar surface area (TPSA) is 4.93 Å². The molecule has 0 saturated carbocycles. The minimum absolute atomic E-state index is 1.14. The van der Waals surface area contributed by atoms with E-state index in [4.69, 9.17) is 0 Å². The van der Waals surface area contributed by atoms with E-state index in [1.807, 2.05) is 6.08 Å². The molecule has 0 aliphatic carbocycles. The van der Waals surface area contributed by atoms with Crippen LogP contribution in [0.25, 0.3) is 55.5 Å². The molecule has 0 fully saturated rings. The Balaban J connectivity index is 1.71. The number of hydrogen-bond donors (Lipinski definition) is 0. The van der Waals surface area contributed by atoms with Crippen molar-refractivity contribution in [3.8, 4) is 16.8 Å². The molecule has 0 aliphatic heterocycles. The van der Waals surface area contributed by atoms with E-state index in [9.17, 15) is 0 Å². The third-order valence-electron chi connectivity index (χ3n) is 6.43. The largest absolute Gasteiger partial charge is 0.309 e. The van der Waals surface area contributed by atoms with Crippen molar-refractivity contribution in [1.82, 2.24) is 4.57 Å². The van der Waals surface area contributed by atoms with Gasteiger partial charge < -0.3 is 4.57 Å². The maximum atomic E-state index is 3.87. The Hall–Kier alpha value is -4.10. The second-order valence-electron chi connectivity index (χ2n) is 8.41. The van der Waals surface area contributed by atoms with Gasteiger partial charge in [0.2, 0.25) is 0 Å². The molecular weight excluding hydrogens is 386 g/mol. The zero-order valence-electron chi connectivity index (χ0n) is 18.0. The fourth-order valence-electron chi connectivity index (χ4n) is 4.75. The Morgan fingerprint density at radius 1 is 0.656 bits per heavy atom. The van der Waals surface area contributed by atoms with Crippen LogP contribution in [0.5, 0.6) is 0 Å². The molecule has 152 valence electrons. The molecule has 0 atom stereocenters. The Kier molecular flexibility index (Phi) is 4.22. The zero-order valence-corrected chi connectivity index (χ0v) is 18.0. The molecule has 6 rings (SSSR count). The summed E-state index contributed by atoms with van der Waals surface area (Å²) in [6, 6.07) is 37.4. The number of aromatic nitrogens is 1. The molecule has 0 amide bonds. The van der Waals surface area contributed by atoms with Gasteiger partial charge >= 0.3 is 0 Å². The van der Waals surface area contributed by atoms with Gasteiger partial charge in [0.15, 0.2) is 0 Å². The quantitative estimate of drug-likeness (QED) is 0.276. The molecule has 1 nitrogen and oxygen atoms in total. The summed E-state index contributed by atoms with van der Waals surface area (Å²) in [5.41, 5.74) is 8.50. The van der Waals surface area contributed by atoms with Gasteiger partial charge in [-0.2, -0.15) is 0 Å². The summed E-state index contributed by atoms with van der Waals surface area (Å²) >= 11 is 0. The number of nitrogens with zero attached hydrogens (tertiary/aromatic N) is 1. The Morgan fingerprint density at radius 3 is 2.16 bits per heavy atom. The van der Waals surface area contributed by atoms with Gasteiger partial charge in [-0.1, -0.05) is 91.0 Å². The van der Waals surface area contributed by atoms with Crippen LogP contribution in [0, 0.1) is 6.92 Å². The molecule has 6 aromatic rings. The number of hydrogen-bond acceptors (Lipinski definition) is 0. The average molecular weight is 410 g/mol. The van der Waals surface area contributed by atoms with Gasteiger partial charge in [0.1, 0.15) is 0 Å². The zero-order chi connectivity index (χ0) is 21.7. The second kappa shape index (κ2) is 7.25. The maximum Gasteiger partial charge on any atom is 0.0547 e. The summed E-state index contributed by atoms with van der Waals surface area (Å²) in [6.07, 6.45) is 1.88. The molecule has 0 radical (unpaired) electrons. The minimum atomic E-state index is 1.14. The number of rotatable bonds is 3. The first-order valence-electron chi connectivity index (χ1n) is 11.0. The van der Waals surface area contributed by atoms with Crippen molar-refractivity contribution >= 4 is 38.7 Å². The highest BCUT2D eigenvalue weighted by Crippen LogP contribution is 2.38. The van der Waals surface area contributed by atoms with Gasteiger partial charge in [-0.3, -0.25) is 0 Å². The van der Waals surface area contributed by atoms with Gasteiger partial charge in [-0.05, 0) is 64.7 Å². The average Bonchev–Trinajstić information content (AvgIpc) is 3.19. The van der Waals surface area contributed by atoms with Crippen LogP contribution < -0.4 is 0 Å². The summed E-state index contributed by atoms with van der Waals surface area (Å²) in [5.74, 6) is 0. The fourth-order valence-corrected chi connectivity index (χ4v) is 4.75. The van der Waals surface area contributed by atoms with Crippen molar-refractivity contribution in [2.24, 2.45) is 0 Å². The smallest absolute Gasteiger partial charge is 0.0547 e. The highest BCUT2D eigenvalue weighted by molar-refractivity contribution is 6.21. The summed E-state index contributed by atoms with van der Waals surface area (Å²) < 4.78 is 2.39. The standard InChI is InChI=1S/C31H23N/c1-3-22-10-12-23(13-11-22)25-15-18-29-28(20-25)31-27-7-5-4-6-24(27)14-19-30(31)32(29)26-16-8-21(2)9-17-26/h3-20H,1H2,2H3. The molecule has 5 aromatic carbocycles. The molecule has 0 bridgehead atoms. The fraction of sp³-hybridized carbons (Fsp3) is 0.0323. The Labute approximate surface area is 187 Å². The number of benzene rings is 5. The Bertz CT molecular complexity index is 1610. The van der Waals surface area contributed by atoms with Gasteiger partial charge in [-0.15, -0.1) is 0 Å². The third kappa shape index (κ3) is 2.86. The summed E-state index contributed by atoms with van der Waals surface area (Å²) in [7, 11) is 0. The van der Waals surface area contributed by atoms with E-state index in [0.29, 0.717) is 0 Å². The monoisotopic (exact) mass is 409 g/mol. The predicted molar refractivity (Wildman–Crippen MR) is 139 cm³/mol. The van der Waals surface area contributed by atoms with Crippen molar-refractivity contribution in [3.05, 3.63) is 121 Å². The van der Waals surface area contributed by atoms with Crippen LogP contribution in [0.3, 0.4) is 0 Å². The van der Waals surface area contributed by atoms with E-state index < -0.39 is 0 Å². The molecular formula is C31H23N. The molecule has 32 heavy (non-hydrogen) atoms. The van der Waals surface area contributed by atoms with Crippen LogP contribution in [-0.2, 0) is 0 Å². The van der Waals surface area contributed by atoms with Crippen LogP contribution >= 0.6 is 0 Å². The van der Waals surface area contributed by atoms with Crippen molar-refractivity contribution in [2.75, 3.05) is 0 Å². The van der Waals surface area contributed by atoms with Crippen molar-refractivity contribution in [3.63, 3.8) is 0 Å². The lowest BCUT2D eigenvalue weighted by Gasteiger charge is -2.09. The third-order valence-corrected chi connectivity index (χ3v) is 6.43. The first kappa shape index (κ1) is 18.7. The van der Waals surface area contributed by atoms with Crippen molar-refractivity contribution < 1.29 is 0 Å². The van der Waals surface area contributed by atoms with Crippen molar-refractivity contribution in [2.45, 2.75) is 6.92 Å². The van der Waals surface area contributed by atoms with Crippen LogP contribution in [-0.4, -0.2) is 4.57 Å². The Morgan fingerprint density at radius 2 is 1.38 bits per heavy atom. The van der Waals surface area contributed by atoms with Gasteiger partial charge in [0.25, 0.3) is 0 Å². The molecule has 1 aromatic heterocycles. The van der Waals surface area contributed by atoms with Gasteiger partial charge in [-0.25, -0.2) is 0 Å². The maximum absolute atomic E-state index is 3.87. The SMILES string of the molecule is C=Cc1ccc(-c2ccc3c(c2)c2c4ccccc4ccc2n3-c2ccc(C)cc2)cc1. The summed E-state index contributed by atoms with van der Waals surface area (Å²) in [6.45, 7) is 6.00. The van der Waals surface area contributed by atoms with E-state index >= 15 is 0 Å². The predicted octanol–water partition coefficient (Wildman–Crippen LogP) is 8.56. The molecule has 1 heteroatoms. The van der Waals surface area contributed by atoms with Crippen LogP contribution in [0.2, 0.25) is 0 Å². The van der Waals surface area contributed by atoms with Crippen LogP contribution in [0.4, 0.5) is 0 Å². The summed E-state index contributed by atoms with van der Waals surface area (Å²) in [5, 5.41) is 5.15. The lowest BCUT2D eigenvalue weighted by atomic mass is 9.99. The normalized spacial score (nSPS) is 11.4. The molecule has 0 spiro atoms. The molecule has 0 N–H and O–H groups in total. The van der Waals surface area contributed by atoms with E-state index in [1.165, 1.54) is 55.0 Å². The van der Waals surface area contributed by atoms with Gasteiger partial charge in [0, 0.05) is 16.5 Å².